The third-order valence-corrected chi connectivity index (χ3v) is 2.30. The van der Waals surface area contributed by atoms with Crippen molar-refractivity contribution >= 4 is 11.9 Å². The molecule has 0 spiro atoms. The van der Waals surface area contributed by atoms with Crippen molar-refractivity contribution < 1.29 is 34.0 Å². The molecule has 1 aliphatic heterocycles. The van der Waals surface area contributed by atoms with E-state index in [2.05, 4.69) is 0 Å². The molecular weight excluding hydrogens is 232 g/mol. The van der Waals surface area contributed by atoms with Crippen LogP contribution in [0.15, 0.2) is 0 Å². The molecule has 0 unspecified atom stereocenters. The van der Waals surface area contributed by atoms with E-state index in [9.17, 15) is 19.8 Å². The number of ether oxygens (including phenoxy) is 3. The summed E-state index contributed by atoms with van der Waals surface area (Å²) < 4.78 is 14.5. The van der Waals surface area contributed by atoms with Gasteiger partial charge in [0.1, 0.15) is 12.2 Å². The van der Waals surface area contributed by atoms with Crippen molar-refractivity contribution in [1.82, 2.24) is 0 Å². The monoisotopic (exact) mass is 248 g/mol. The Hall–Kier alpha value is -1.18. The fourth-order valence-corrected chi connectivity index (χ4v) is 1.54. The van der Waals surface area contributed by atoms with Crippen molar-refractivity contribution in [2.75, 3.05) is 13.2 Å². The van der Waals surface area contributed by atoms with Crippen LogP contribution in [0.3, 0.4) is 0 Å². The van der Waals surface area contributed by atoms with E-state index in [4.69, 9.17) is 14.2 Å². The quantitative estimate of drug-likeness (QED) is 0.592. The predicted octanol–water partition coefficient (Wildman–Crippen LogP) is -1.40. The van der Waals surface area contributed by atoms with Crippen molar-refractivity contribution in [3.63, 3.8) is 0 Å². The summed E-state index contributed by atoms with van der Waals surface area (Å²) in [6.07, 6.45) is -5.04. The molecule has 0 bridgehead atoms. The SMILES string of the molecule is CCOC(=O)[C@@H]1OC[C@@H](O)[C@@H](O)[C@H]1OC(C)=O. The second-order valence-corrected chi connectivity index (χ2v) is 3.64. The molecule has 1 heterocycles. The number of aliphatic hydroxyl groups excluding tert-OH is 2. The maximum absolute atomic E-state index is 11.5. The first-order chi connectivity index (χ1) is 7.97. The number of carbonyl (C=O) groups is 2. The lowest BCUT2D eigenvalue weighted by molar-refractivity contribution is -0.216. The highest BCUT2D eigenvalue weighted by atomic mass is 16.6. The molecule has 0 aliphatic carbocycles. The molecule has 0 radical (unpaired) electrons. The highest BCUT2D eigenvalue weighted by molar-refractivity contribution is 5.76. The Morgan fingerprint density at radius 3 is 2.59 bits per heavy atom. The van der Waals surface area contributed by atoms with Gasteiger partial charge in [-0.1, -0.05) is 0 Å². The van der Waals surface area contributed by atoms with Gasteiger partial charge in [-0.25, -0.2) is 4.79 Å². The average Bonchev–Trinajstić information content (AvgIpc) is 2.24. The minimum atomic E-state index is -1.37. The van der Waals surface area contributed by atoms with Crippen molar-refractivity contribution in [2.24, 2.45) is 0 Å². The van der Waals surface area contributed by atoms with Gasteiger partial charge in [-0.05, 0) is 6.92 Å². The molecule has 1 fully saturated rings. The van der Waals surface area contributed by atoms with Crippen molar-refractivity contribution in [2.45, 2.75) is 38.3 Å². The van der Waals surface area contributed by atoms with Crippen LogP contribution in [0, 0.1) is 0 Å². The smallest absolute Gasteiger partial charge is 0.339 e. The molecule has 1 rings (SSSR count). The van der Waals surface area contributed by atoms with Gasteiger partial charge in [-0.15, -0.1) is 0 Å². The zero-order valence-corrected chi connectivity index (χ0v) is 9.66. The maximum atomic E-state index is 11.5. The van der Waals surface area contributed by atoms with Crippen LogP contribution in [0.1, 0.15) is 13.8 Å². The van der Waals surface area contributed by atoms with Gasteiger partial charge in [0.2, 0.25) is 0 Å². The summed E-state index contributed by atoms with van der Waals surface area (Å²) in [4.78, 5) is 22.4. The highest BCUT2D eigenvalue weighted by Crippen LogP contribution is 2.20. The molecule has 7 nitrogen and oxygen atoms in total. The summed E-state index contributed by atoms with van der Waals surface area (Å²) >= 11 is 0. The summed E-state index contributed by atoms with van der Waals surface area (Å²) in [6, 6.07) is 0. The molecule has 4 atom stereocenters. The lowest BCUT2D eigenvalue weighted by Gasteiger charge is -2.35. The van der Waals surface area contributed by atoms with Crippen molar-refractivity contribution in [3.05, 3.63) is 0 Å². The molecule has 0 aromatic rings. The normalized spacial score (nSPS) is 32.9. The van der Waals surface area contributed by atoms with E-state index in [1.54, 1.807) is 6.92 Å². The van der Waals surface area contributed by atoms with E-state index < -0.39 is 36.4 Å². The number of hydrogen-bond donors (Lipinski definition) is 2. The topological polar surface area (TPSA) is 102 Å². The fraction of sp³-hybridized carbons (Fsp3) is 0.800. The Morgan fingerprint density at radius 2 is 2.06 bits per heavy atom. The van der Waals surface area contributed by atoms with Gasteiger partial charge < -0.3 is 24.4 Å². The van der Waals surface area contributed by atoms with Crippen LogP contribution >= 0.6 is 0 Å². The van der Waals surface area contributed by atoms with Gasteiger partial charge in [0, 0.05) is 6.92 Å². The van der Waals surface area contributed by atoms with E-state index >= 15 is 0 Å². The van der Waals surface area contributed by atoms with E-state index in [0.717, 1.165) is 6.92 Å². The minimum Gasteiger partial charge on any atom is -0.464 e. The van der Waals surface area contributed by atoms with Crippen LogP contribution in [0.4, 0.5) is 0 Å². The lowest BCUT2D eigenvalue weighted by Crippen LogP contribution is -2.57. The summed E-state index contributed by atoms with van der Waals surface area (Å²) in [5.74, 6) is -1.41. The van der Waals surface area contributed by atoms with E-state index in [1.807, 2.05) is 0 Å². The van der Waals surface area contributed by atoms with Gasteiger partial charge >= 0.3 is 11.9 Å². The van der Waals surface area contributed by atoms with E-state index in [-0.39, 0.29) is 13.2 Å². The number of rotatable bonds is 3. The minimum absolute atomic E-state index is 0.143. The largest absolute Gasteiger partial charge is 0.464 e. The third kappa shape index (κ3) is 3.39. The second-order valence-electron chi connectivity index (χ2n) is 3.64. The molecule has 1 saturated heterocycles. The summed E-state index contributed by atoms with van der Waals surface area (Å²) in [6.45, 7) is 2.68. The Morgan fingerprint density at radius 1 is 1.41 bits per heavy atom. The van der Waals surface area contributed by atoms with Gasteiger partial charge in [0.25, 0.3) is 0 Å². The Bertz CT molecular complexity index is 290. The molecular formula is C10H16O7. The summed E-state index contributed by atoms with van der Waals surface area (Å²) in [5.41, 5.74) is 0. The lowest BCUT2D eigenvalue weighted by atomic mass is 10.00. The number of carbonyl (C=O) groups excluding carboxylic acids is 2. The van der Waals surface area contributed by atoms with Gasteiger partial charge in [-0.2, -0.15) is 0 Å². The molecule has 0 aromatic carbocycles. The first-order valence-electron chi connectivity index (χ1n) is 5.29. The van der Waals surface area contributed by atoms with Crippen LogP contribution in [0.25, 0.3) is 0 Å². The molecule has 0 saturated carbocycles. The Balaban J connectivity index is 2.78. The van der Waals surface area contributed by atoms with Gasteiger partial charge in [0.15, 0.2) is 12.2 Å². The van der Waals surface area contributed by atoms with E-state index in [1.165, 1.54) is 0 Å². The average molecular weight is 248 g/mol. The highest BCUT2D eigenvalue weighted by Gasteiger charge is 2.45. The zero-order valence-electron chi connectivity index (χ0n) is 9.66. The van der Waals surface area contributed by atoms with Crippen LogP contribution in [0.2, 0.25) is 0 Å². The first kappa shape index (κ1) is 13.9. The standard InChI is InChI=1S/C10H16O7/c1-3-15-10(14)9-8(17-5(2)11)7(13)6(12)4-16-9/h6-9,12-13H,3-4H2,1-2H3/t6-,7-,8-,9-/m1/s1. The van der Waals surface area contributed by atoms with Crippen LogP contribution in [-0.2, 0) is 23.8 Å². The maximum Gasteiger partial charge on any atom is 0.339 e. The van der Waals surface area contributed by atoms with Gasteiger partial charge in [-0.3, -0.25) is 4.79 Å². The molecule has 1 aliphatic rings. The molecule has 98 valence electrons. The summed E-state index contributed by atoms with van der Waals surface area (Å²) in [5, 5.41) is 19.0. The number of esters is 2. The molecule has 0 aromatic heterocycles. The van der Waals surface area contributed by atoms with Crippen molar-refractivity contribution in [3.8, 4) is 0 Å². The Kier molecular flexibility index (Phi) is 4.86. The Labute approximate surface area is 98.3 Å². The molecule has 2 N–H and O–H groups in total. The zero-order chi connectivity index (χ0) is 13.0. The number of hydrogen-bond acceptors (Lipinski definition) is 7. The predicted molar refractivity (Wildman–Crippen MR) is 53.9 cm³/mol. The van der Waals surface area contributed by atoms with Gasteiger partial charge in [0.05, 0.1) is 13.2 Å². The number of aliphatic hydroxyl groups is 2. The van der Waals surface area contributed by atoms with Crippen LogP contribution in [-0.4, -0.2) is 59.8 Å². The molecule has 17 heavy (non-hydrogen) atoms. The second kappa shape index (κ2) is 5.95. The van der Waals surface area contributed by atoms with Crippen LogP contribution < -0.4 is 0 Å². The molecule has 7 heteroatoms. The third-order valence-electron chi connectivity index (χ3n) is 2.30. The van der Waals surface area contributed by atoms with Crippen molar-refractivity contribution in [1.29, 1.82) is 0 Å². The van der Waals surface area contributed by atoms with E-state index in [0.29, 0.717) is 0 Å². The first-order valence-corrected chi connectivity index (χ1v) is 5.29. The fourth-order valence-electron chi connectivity index (χ4n) is 1.54. The summed E-state index contributed by atoms with van der Waals surface area (Å²) in [7, 11) is 0. The molecule has 0 amide bonds. The van der Waals surface area contributed by atoms with Crippen LogP contribution in [0.5, 0.6) is 0 Å².